The molecular weight excluding hydrogens is 197 g/mol. The molecule has 3 N–H and O–H groups in total. The third kappa shape index (κ3) is 2.17. The summed E-state index contributed by atoms with van der Waals surface area (Å²) in [6.45, 7) is 0. The number of hydrogen-bond acceptors (Lipinski definition) is 2. The van der Waals surface area contributed by atoms with Crippen molar-refractivity contribution in [3.63, 3.8) is 0 Å². The molecule has 0 amide bonds. The van der Waals surface area contributed by atoms with Gasteiger partial charge in [-0.05, 0) is 18.2 Å². The molecule has 3 nitrogen and oxygen atoms in total. The van der Waals surface area contributed by atoms with Gasteiger partial charge in [-0.15, -0.1) is 0 Å². The van der Waals surface area contributed by atoms with E-state index in [0.717, 1.165) is 6.07 Å². The second kappa shape index (κ2) is 3.72. The van der Waals surface area contributed by atoms with Crippen molar-refractivity contribution >= 4 is 17.6 Å². The van der Waals surface area contributed by atoms with Gasteiger partial charge < -0.3 is 10.8 Å². The Morgan fingerprint density at radius 3 is 2.77 bits per heavy atom. The second-order valence-electron chi connectivity index (χ2n) is 2.48. The van der Waals surface area contributed by atoms with Crippen molar-refractivity contribution in [3.05, 3.63) is 34.6 Å². The maximum absolute atomic E-state index is 13.0. The molecule has 5 heteroatoms. The van der Waals surface area contributed by atoms with Crippen molar-refractivity contribution in [2.24, 2.45) is 5.73 Å². The summed E-state index contributed by atoms with van der Waals surface area (Å²) in [4.78, 5) is 10.4. The third-order valence-electron chi connectivity index (χ3n) is 1.56. The monoisotopic (exact) mass is 203 g/mol. The quantitative estimate of drug-likeness (QED) is 0.767. The highest BCUT2D eigenvalue weighted by Crippen LogP contribution is 2.19. The number of aliphatic carboxylic acids is 1. The zero-order valence-corrected chi connectivity index (χ0v) is 7.25. The standard InChI is InChI=1S/C8H7ClFNO2/c9-4-1-2-6(10)5(3-4)7(11)8(12)13/h1-3,7H,11H2,(H,12,13)/t7-/m0/s1. The number of rotatable bonds is 2. The molecule has 0 bridgehead atoms. The molecule has 0 saturated carbocycles. The van der Waals surface area contributed by atoms with E-state index in [-0.39, 0.29) is 10.6 Å². The fourth-order valence-electron chi connectivity index (χ4n) is 0.886. The minimum atomic E-state index is -1.38. The summed E-state index contributed by atoms with van der Waals surface area (Å²) >= 11 is 5.55. The lowest BCUT2D eigenvalue weighted by molar-refractivity contribution is -0.138. The summed E-state index contributed by atoms with van der Waals surface area (Å²) in [6, 6.07) is 2.24. The number of benzene rings is 1. The van der Waals surface area contributed by atoms with Crippen LogP contribution in [-0.2, 0) is 4.79 Å². The second-order valence-corrected chi connectivity index (χ2v) is 2.92. The lowest BCUT2D eigenvalue weighted by Crippen LogP contribution is -2.21. The van der Waals surface area contributed by atoms with Gasteiger partial charge in [-0.25, -0.2) is 4.39 Å². The number of hydrogen-bond donors (Lipinski definition) is 2. The molecule has 1 rings (SSSR count). The molecular formula is C8H7ClFNO2. The molecule has 70 valence electrons. The number of carboxylic acids is 1. The summed E-state index contributed by atoms with van der Waals surface area (Å²) in [5.41, 5.74) is 5.10. The van der Waals surface area contributed by atoms with Crippen molar-refractivity contribution in [2.75, 3.05) is 0 Å². The Morgan fingerprint density at radius 2 is 2.23 bits per heavy atom. The SMILES string of the molecule is N[C@H](C(=O)O)c1cc(Cl)ccc1F. The molecule has 0 aliphatic carbocycles. The highest BCUT2D eigenvalue weighted by atomic mass is 35.5. The van der Waals surface area contributed by atoms with Gasteiger partial charge in [0.15, 0.2) is 0 Å². The van der Waals surface area contributed by atoms with Gasteiger partial charge in [0.2, 0.25) is 0 Å². The third-order valence-corrected chi connectivity index (χ3v) is 1.79. The molecule has 0 aliphatic heterocycles. The lowest BCUT2D eigenvalue weighted by atomic mass is 10.1. The first kappa shape index (κ1) is 9.95. The van der Waals surface area contributed by atoms with Crippen LogP contribution in [0.1, 0.15) is 11.6 Å². The highest BCUT2D eigenvalue weighted by Gasteiger charge is 2.18. The lowest BCUT2D eigenvalue weighted by Gasteiger charge is -2.07. The minimum absolute atomic E-state index is 0.111. The van der Waals surface area contributed by atoms with E-state index in [1.165, 1.54) is 12.1 Å². The van der Waals surface area contributed by atoms with Gasteiger partial charge in [0.1, 0.15) is 11.9 Å². The van der Waals surface area contributed by atoms with E-state index in [2.05, 4.69) is 0 Å². The fourth-order valence-corrected chi connectivity index (χ4v) is 1.07. The van der Waals surface area contributed by atoms with Crippen molar-refractivity contribution in [2.45, 2.75) is 6.04 Å². The number of halogens is 2. The molecule has 1 atom stereocenters. The van der Waals surface area contributed by atoms with Crippen LogP contribution in [0.4, 0.5) is 4.39 Å². The number of carbonyl (C=O) groups is 1. The van der Waals surface area contributed by atoms with Crippen LogP contribution in [0.2, 0.25) is 5.02 Å². The summed E-state index contributed by atoms with van der Waals surface area (Å²) in [7, 11) is 0. The van der Waals surface area contributed by atoms with Crippen LogP contribution in [-0.4, -0.2) is 11.1 Å². The van der Waals surface area contributed by atoms with E-state index >= 15 is 0 Å². The Bertz CT molecular complexity index is 343. The Labute approximate surface area is 78.9 Å². The zero-order valence-electron chi connectivity index (χ0n) is 6.50. The first-order valence-corrected chi connectivity index (χ1v) is 3.83. The molecule has 1 aromatic rings. The molecule has 0 aliphatic rings. The van der Waals surface area contributed by atoms with Gasteiger partial charge in [0.05, 0.1) is 0 Å². The van der Waals surface area contributed by atoms with Crippen molar-refractivity contribution in [1.82, 2.24) is 0 Å². The zero-order chi connectivity index (χ0) is 10.0. The van der Waals surface area contributed by atoms with Crippen LogP contribution in [0.15, 0.2) is 18.2 Å². The average molecular weight is 204 g/mol. The van der Waals surface area contributed by atoms with E-state index in [9.17, 15) is 9.18 Å². The number of nitrogens with two attached hydrogens (primary N) is 1. The van der Waals surface area contributed by atoms with Crippen molar-refractivity contribution in [1.29, 1.82) is 0 Å². The maximum Gasteiger partial charge on any atom is 0.325 e. The largest absolute Gasteiger partial charge is 0.480 e. The summed E-state index contributed by atoms with van der Waals surface area (Å²) in [5.74, 6) is -1.96. The Hall–Kier alpha value is -1.13. The Balaban J connectivity index is 3.12. The van der Waals surface area contributed by atoms with E-state index in [1.807, 2.05) is 0 Å². The fraction of sp³-hybridized carbons (Fsp3) is 0.125. The topological polar surface area (TPSA) is 63.3 Å². The first-order valence-electron chi connectivity index (χ1n) is 3.45. The van der Waals surface area contributed by atoms with Crippen LogP contribution in [0.25, 0.3) is 0 Å². The first-order chi connectivity index (χ1) is 6.02. The molecule has 0 radical (unpaired) electrons. The predicted molar refractivity (Wildman–Crippen MR) is 46.0 cm³/mol. The molecule has 0 saturated heterocycles. The molecule has 0 heterocycles. The van der Waals surface area contributed by atoms with Gasteiger partial charge in [0.25, 0.3) is 0 Å². The van der Waals surface area contributed by atoms with Crippen LogP contribution in [0.5, 0.6) is 0 Å². The maximum atomic E-state index is 13.0. The summed E-state index contributed by atoms with van der Waals surface area (Å²) < 4.78 is 13.0. The molecule has 13 heavy (non-hydrogen) atoms. The van der Waals surface area contributed by atoms with Crippen molar-refractivity contribution < 1.29 is 14.3 Å². The van der Waals surface area contributed by atoms with Gasteiger partial charge >= 0.3 is 5.97 Å². The molecule has 0 unspecified atom stereocenters. The Kier molecular flexibility index (Phi) is 2.85. The minimum Gasteiger partial charge on any atom is -0.480 e. The van der Waals surface area contributed by atoms with Crippen LogP contribution >= 0.6 is 11.6 Å². The predicted octanol–water partition coefficient (Wildman–Crippen LogP) is 1.56. The van der Waals surface area contributed by atoms with Gasteiger partial charge in [-0.1, -0.05) is 11.6 Å². The van der Waals surface area contributed by atoms with Crippen LogP contribution in [0, 0.1) is 5.82 Å². The Morgan fingerprint density at radius 1 is 1.62 bits per heavy atom. The smallest absolute Gasteiger partial charge is 0.325 e. The van der Waals surface area contributed by atoms with Crippen LogP contribution < -0.4 is 5.73 Å². The average Bonchev–Trinajstić information content (AvgIpc) is 2.08. The van der Waals surface area contributed by atoms with E-state index in [4.69, 9.17) is 22.4 Å². The molecule has 0 aromatic heterocycles. The van der Waals surface area contributed by atoms with E-state index < -0.39 is 17.8 Å². The highest BCUT2D eigenvalue weighted by molar-refractivity contribution is 6.30. The van der Waals surface area contributed by atoms with Crippen LogP contribution in [0.3, 0.4) is 0 Å². The van der Waals surface area contributed by atoms with Crippen molar-refractivity contribution in [3.8, 4) is 0 Å². The van der Waals surface area contributed by atoms with E-state index in [1.54, 1.807) is 0 Å². The van der Waals surface area contributed by atoms with Gasteiger partial charge in [0, 0.05) is 10.6 Å². The molecule has 1 aromatic carbocycles. The molecule has 0 fully saturated rings. The van der Waals surface area contributed by atoms with E-state index in [0.29, 0.717) is 0 Å². The molecule has 0 spiro atoms. The normalized spacial score (nSPS) is 12.5. The van der Waals surface area contributed by atoms with Gasteiger partial charge in [-0.2, -0.15) is 0 Å². The summed E-state index contributed by atoms with van der Waals surface area (Å²) in [6.07, 6.45) is 0. The number of carboxylic acid groups (broad SMARTS) is 1. The van der Waals surface area contributed by atoms with Gasteiger partial charge in [-0.3, -0.25) is 4.79 Å². The summed E-state index contributed by atoms with van der Waals surface area (Å²) in [5, 5.41) is 8.77.